The zero-order valence-electron chi connectivity index (χ0n) is 11.6. The largest absolute Gasteiger partial charge is 0.334 e. The number of nitrogens with one attached hydrogen (secondary N) is 2. The average molecular weight is 279 g/mol. The summed E-state index contributed by atoms with van der Waals surface area (Å²) in [5, 5.41) is 5.60. The molecular weight excluding hydrogens is 262 g/mol. The number of anilines is 1. The van der Waals surface area contributed by atoms with Crippen molar-refractivity contribution in [3.8, 4) is 11.8 Å². The molecule has 0 bridgehead atoms. The Morgan fingerprint density at radius 2 is 1.76 bits per heavy atom. The van der Waals surface area contributed by atoms with Crippen molar-refractivity contribution >= 4 is 11.7 Å². The fourth-order valence-electron chi connectivity index (χ4n) is 1.79. The van der Waals surface area contributed by atoms with E-state index in [0.717, 1.165) is 11.1 Å². The van der Waals surface area contributed by atoms with Crippen LogP contribution in [0.2, 0.25) is 0 Å². The lowest BCUT2D eigenvalue weighted by molar-refractivity contribution is 0.251. The first-order valence-electron chi connectivity index (χ1n) is 6.66. The van der Waals surface area contributed by atoms with Gasteiger partial charge in [0.25, 0.3) is 0 Å². The van der Waals surface area contributed by atoms with Gasteiger partial charge in [0.15, 0.2) is 0 Å². The fourth-order valence-corrected chi connectivity index (χ4v) is 1.79. The topological polar surface area (TPSA) is 67.1 Å². The molecule has 2 rings (SSSR count). The van der Waals surface area contributed by atoms with Crippen LogP contribution in [0.4, 0.5) is 10.5 Å². The molecule has 0 spiro atoms. The highest BCUT2D eigenvalue weighted by Crippen LogP contribution is 2.13. The van der Waals surface area contributed by atoms with Crippen LogP contribution in [-0.4, -0.2) is 12.6 Å². The van der Waals surface area contributed by atoms with Crippen molar-refractivity contribution in [2.75, 3.05) is 11.9 Å². The first-order chi connectivity index (χ1) is 10.3. The molecule has 2 aromatic rings. The zero-order valence-corrected chi connectivity index (χ0v) is 11.6. The molecule has 0 saturated heterocycles. The van der Waals surface area contributed by atoms with Gasteiger partial charge in [-0.15, -0.1) is 0 Å². The van der Waals surface area contributed by atoms with E-state index >= 15 is 0 Å². The van der Waals surface area contributed by atoms with Crippen LogP contribution in [0.25, 0.3) is 0 Å². The summed E-state index contributed by atoms with van der Waals surface area (Å²) in [6.45, 7) is 0.762. The summed E-state index contributed by atoms with van der Waals surface area (Å²) in [6, 6.07) is 16.8. The van der Waals surface area contributed by atoms with Crippen molar-refractivity contribution in [1.82, 2.24) is 5.32 Å². The quantitative estimate of drug-likeness (QED) is 0.755. The monoisotopic (exact) mass is 279 g/mol. The molecule has 0 fully saturated rings. The third-order valence-corrected chi connectivity index (χ3v) is 2.80. The summed E-state index contributed by atoms with van der Waals surface area (Å²) in [4.78, 5) is 11.9. The summed E-state index contributed by atoms with van der Waals surface area (Å²) in [5.74, 6) is 5.72. The highest BCUT2D eigenvalue weighted by Gasteiger charge is 2.04. The van der Waals surface area contributed by atoms with Gasteiger partial charge in [-0.2, -0.15) is 0 Å². The molecule has 0 unspecified atom stereocenters. The van der Waals surface area contributed by atoms with Crippen LogP contribution in [-0.2, 0) is 6.54 Å². The molecule has 0 aromatic heterocycles. The second kappa shape index (κ2) is 7.73. The van der Waals surface area contributed by atoms with Crippen molar-refractivity contribution in [3.05, 3.63) is 65.7 Å². The molecule has 0 aliphatic rings. The Bertz CT molecular complexity index is 656. The van der Waals surface area contributed by atoms with E-state index in [1.54, 1.807) is 0 Å². The summed E-state index contributed by atoms with van der Waals surface area (Å²) < 4.78 is 0. The van der Waals surface area contributed by atoms with Crippen molar-refractivity contribution in [2.24, 2.45) is 5.73 Å². The molecule has 0 aliphatic carbocycles. The van der Waals surface area contributed by atoms with E-state index in [-0.39, 0.29) is 12.6 Å². The standard InChI is InChI=1S/C17H17N3O/c18-12-6-10-15-9-4-5-11-16(15)20-17(21)19-13-14-7-2-1-3-8-14/h1-5,7-9,11H,12-13,18H2,(H2,19,20,21). The van der Waals surface area contributed by atoms with E-state index in [9.17, 15) is 4.79 Å². The third-order valence-electron chi connectivity index (χ3n) is 2.80. The van der Waals surface area contributed by atoms with Gasteiger partial charge in [0.1, 0.15) is 0 Å². The molecule has 0 radical (unpaired) electrons. The Morgan fingerprint density at radius 1 is 1.05 bits per heavy atom. The second-order valence-electron chi connectivity index (χ2n) is 4.34. The Morgan fingerprint density at radius 3 is 2.52 bits per heavy atom. The Balaban J connectivity index is 1.97. The average Bonchev–Trinajstić information content (AvgIpc) is 2.53. The van der Waals surface area contributed by atoms with Crippen molar-refractivity contribution in [1.29, 1.82) is 0 Å². The number of urea groups is 1. The number of carbonyl (C=O) groups excluding carboxylic acids is 1. The van der Waals surface area contributed by atoms with Gasteiger partial charge in [-0.1, -0.05) is 54.3 Å². The fraction of sp³-hybridized carbons (Fsp3) is 0.118. The molecule has 4 nitrogen and oxygen atoms in total. The van der Waals surface area contributed by atoms with Crippen molar-refractivity contribution in [2.45, 2.75) is 6.54 Å². The summed E-state index contributed by atoms with van der Waals surface area (Å²) >= 11 is 0. The van der Waals surface area contributed by atoms with E-state index in [1.807, 2.05) is 54.6 Å². The van der Waals surface area contributed by atoms with Crippen LogP contribution >= 0.6 is 0 Å². The van der Waals surface area contributed by atoms with Crippen LogP contribution in [0, 0.1) is 11.8 Å². The van der Waals surface area contributed by atoms with Crippen molar-refractivity contribution < 1.29 is 4.79 Å². The van der Waals surface area contributed by atoms with Crippen molar-refractivity contribution in [3.63, 3.8) is 0 Å². The highest BCUT2D eigenvalue weighted by molar-refractivity contribution is 5.90. The van der Waals surface area contributed by atoms with Gasteiger partial charge < -0.3 is 16.4 Å². The van der Waals surface area contributed by atoms with Crippen LogP contribution in [0.1, 0.15) is 11.1 Å². The lowest BCUT2D eigenvalue weighted by atomic mass is 10.2. The number of hydrogen-bond acceptors (Lipinski definition) is 2. The molecule has 0 heterocycles. The number of hydrogen-bond donors (Lipinski definition) is 3. The number of nitrogens with two attached hydrogens (primary N) is 1. The lowest BCUT2D eigenvalue weighted by Crippen LogP contribution is -2.28. The number of benzene rings is 2. The minimum Gasteiger partial charge on any atom is -0.334 e. The molecule has 4 heteroatoms. The smallest absolute Gasteiger partial charge is 0.319 e. The normalized spacial score (nSPS) is 9.38. The minimum atomic E-state index is -0.263. The van der Waals surface area contributed by atoms with Gasteiger partial charge in [0, 0.05) is 12.1 Å². The van der Waals surface area contributed by atoms with Gasteiger partial charge in [-0.3, -0.25) is 0 Å². The van der Waals surface area contributed by atoms with Gasteiger partial charge in [0.2, 0.25) is 0 Å². The Kier molecular flexibility index (Phi) is 5.39. The SMILES string of the molecule is NCC#Cc1ccccc1NC(=O)NCc1ccccc1. The summed E-state index contributed by atoms with van der Waals surface area (Å²) in [6.07, 6.45) is 0. The highest BCUT2D eigenvalue weighted by atomic mass is 16.2. The van der Waals surface area contributed by atoms with Gasteiger partial charge >= 0.3 is 6.03 Å². The molecule has 0 atom stereocenters. The van der Waals surface area contributed by atoms with E-state index in [4.69, 9.17) is 5.73 Å². The summed E-state index contributed by atoms with van der Waals surface area (Å²) in [5.41, 5.74) is 7.83. The van der Waals surface area contributed by atoms with Gasteiger partial charge in [-0.05, 0) is 17.7 Å². The Hall–Kier alpha value is -2.77. The van der Waals surface area contributed by atoms with Crippen LogP contribution < -0.4 is 16.4 Å². The lowest BCUT2D eigenvalue weighted by Gasteiger charge is -2.09. The van der Waals surface area contributed by atoms with E-state index < -0.39 is 0 Å². The predicted molar refractivity (Wildman–Crippen MR) is 84.7 cm³/mol. The van der Waals surface area contributed by atoms with Crippen LogP contribution in [0.3, 0.4) is 0 Å². The third kappa shape index (κ3) is 4.68. The van der Waals surface area contributed by atoms with Gasteiger partial charge in [-0.25, -0.2) is 4.79 Å². The summed E-state index contributed by atoms with van der Waals surface area (Å²) in [7, 11) is 0. The second-order valence-corrected chi connectivity index (χ2v) is 4.34. The molecular formula is C17H17N3O. The minimum absolute atomic E-state index is 0.263. The maximum Gasteiger partial charge on any atom is 0.319 e. The zero-order chi connectivity index (χ0) is 14.9. The molecule has 0 saturated carbocycles. The van der Waals surface area contributed by atoms with Crippen LogP contribution in [0.5, 0.6) is 0 Å². The number of carbonyl (C=O) groups is 1. The molecule has 2 aromatic carbocycles. The molecule has 21 heavy (non-hydrogen) atoms. The first kappa shape index (κ1) is 14.6. The molecule has 4 N–H and O–H groups in total. The number of para-hydroxylation sites is 1. The van der Waals surface area contributed by atoms with E-state index in [2.05, 4.69) is 22.5 Å². The molecule has 0 aliphatic heterocycles. The molecule has 106 valence electrons. The number of rotatable bonds is 3. The maximum atomic E-state index is 11.9. The van der Waals surface area contributed by atoms with E-state index in [1.165, 1.54) is 0 Å². The molecule has 2 amide bonds. The Labute approximate surface area is 124 Å². The number of amides is 2. The maximum absolute atomic E-state index is 11.9. The van der Waals surface area contributed by atoms with Crippen LogP contribution in [0.15, 0.2) is 54.6 Å². The van der Waals surface area contributed by atoms with Gasteiger partial charge in [0.05, 0.1) is 12.2 Å². The first-order valence-corrected chi connectivity index (χ1v) is 6.66. The predicted octanol–water partition coefficient (Wildman–Crippen LogP) is 2.32. The van der Waals surface area contributed by atoms with E-state index in [0.29, 0.717) is 12.2 Å².